The quantitative estimate of drug-likeness (QED) is 0.441. The maximum Gasteiger partial charge on any atom is 0.115 e. The zero-order valence-corrected chi connectivity index (χ0v) is 6.80. The highest BCUT2D eigenvalue weighted by molar-refractivity contribution is 5.90. The van der Waals surface area contributed by atoms with Gasteiger partial charge in [0.05, 0.1) is 12.9 Å². The molecule has 1 fully saturated rings. The van der Waals surface area contributed by atoms with E-state index in [1.54, 1.807) is 4.90 Å². The van der Waals surface area contributed by atoms with Crippen LogP contribution >= 0.6 is 0 Å². The molecular formula is C7H14N4. The Morgan fingerprint density at radius 2 is 2.27 bits per heavy atom. The molecule has 2 N–H and O–H groups in total. The summed E-state index contributed by atoms with van der Waals surface area (Å²) in [5.41, 5.74) is 0. The van der Waals surface area contributed by atoms with Gasteiger partial charge in [-0.3, -0.25) is 15.7 Å². The zero-order chi connectivity index (χ0) is 8.27. The fraction of sp³-hybridized carbons (Fsp3) is 0.714. The van der Waals surface area contributed by atoms with E-state index in [1.807, 2.05) is 0 Å². The molecule has 62 valence electrons. The van der Waals surface area contributed by atoms with E-state index >= 15 is 0 Å². The lowest BCUT2D eigenvalue weighted by atomic mass is 10.3. The molecule has 1 saturated heterocycles. The minimum atomic E-state index is 0.535. The van der Waals surface area contributed by atoms with Gasteiger partial charge in [-0.1, -0.05) is 6.92 Å². The Labute approximate surface area is 66.8 Å². The summed E-state index contributed by atoms with van der Waals surface area (Å²) in [6, 6.07) is 0. The Morgan fingerprint density at radius 1 is 1.55 bits per heavy atom. The van der Waals surface area contributed by atoms with Crippen molar-refractivity contribution in [3.8, 4) is 0 Å². The predicted molar refractivity (Wildman–Crippen MR) is 45.3 cm³/mol. The molecule has 0 unspecified atom stereocenters. The largest absolute Gasteiger partial charge is 0.319 e. The maximum absolute atomic E-state index is 7.51. The Bertz CT molecular complexity index is 166. The van der Waals surface area contributed by atoms with Crippen molar-refractivity contribution in [1.29, 1.82) is 10.8 Å². The van der Waals surface area contributed by atoms with E-state index in [9.17, 15) is 0 Å². The lowest BCUT2D eigenvalue weighted by molar-refractivity contribution is 0.276. The van der Waals surface area contributed by atoms with Crippen LogP contribution in [0.3, 0.4) is 0 Å². The van der Waals surface area contributed by atoms with E-state index in [2.05, 4.69) is 11.8 Å². The SMILES string of the molecule is CCN1CCN(C=N)C(=N)C1. The summed E-state index contributed by atoms with van der Waals surface area (Å²) in [5.74, 6) is 0.535. The second kappa shape index (κ2) is 3.48. The summed E-state index contributed by atoms with van der Waals surface area (Å²) in [4.78, 5) is 3.87. The van der Waals surface area contributed by atoms with Crippen molar-refractivity contribution in [1.82, 2.24) is 9.80 Å². The molecule has 0 amide bonds. The summed E-state index contributed by atoms with van der Waals surface area (Å²) in [7, 11) is 0. The molecule has 4 heteroatoms. The average molecular weight is 154 g/mol. The number of nitrogens with one attached hydrogen (secondary N) is 2. The molecule has 1 aliphatic heterocycles. The smallest absolute Gasteiger partial charge is 0.115 e. The van der Waals surface area contributed by atoms with Crippen molar-refractivity contribution in [2.75, 3.05) is 26.2 Å². The van der Waals surface area contributed by atoms with Crippen molar-refractivity contribution >= 4 is 12.2 Å². The van der Waals surface area contributed by atoms with Gasteiger partial charge in [-0.05, 0) is 6.54 Å². The highest BCUT2D eigenvalue weighted by Crippen LogP contribution is 1.99. The first-order valence-electron chi connectivity index (χ1n) is 3.85. The summed E-state index contributed by atoms with van der Waals surface area (Å²) in [5, 5.41) is 14.5. The number of likely N-dealkylation sites (N-methyl/N-ethyl adjacent to an activating group) is 1. The Hall–Kier alpha value is -0.900. The van der Waals surface area contributed by atoms with Crippen LogP contribution in [0.25, 0.3) is 0 Å². The third-order valence-electron chi connectivity index (χ3n) is 1.98. The topological polar surface area (TPSA) is 54.2 Å². The van der Waals surface area contributed by atoms with Crippen LogP contribution in [0.2, 0.25) is 0 Å². The van der Waals surface area contributed by atoms with E-state index in [0.29, 0.717) is 12.4 Å². The minimum Gasteiger partial charge on any atom is -0.319 e. The molecule has 1 aliphatic rings. The lowest BCUT2D eigenvalue weighted by Gasteiger charge is -2.32. The van der Waals surface area contributed by atoms with Gasteiger partial charge in [-0.2, -0.15) is 0 Å². The second-order valence-electron chi connectivity index (χ2n) is 2.64. The highest BCUT2D eigenvalue weighted by Gasteiger charge is 2.17. The molecule has 0 bridgehead atoms. The van der Waals surface area contributed by atoms with Crippen molar-refractivity contribution < 1.29 is 0 Å². The standard InChI is InChI=1S/C7H14N4/c1-2-10-3-4-11(6-8)7(9)5-10/h6,8-9H,2-5H2,1H3. The van der Waals surface area contributed by atoms with Crippen LogP contribution in [-0.2, 0) is 0 Å². The second-order valence-corrected chi connectivity index (χ2v) is 2.64. The van der Waals surface area contributed by atoms with Crippen LogP contribution in [0.15, 0.2) is 0 Å². The van der Waals surface area contributed by atoms with Gasteiger partial charge in [-0.15, -0.1) is 0 Å². The first-order chi connectivity index (χ1) is 5.27. The van der Waals surface area contributed by atoms with E-state index in [-0.39, 0.29) is 0 Å². The third-order valence-corrected chi connectivity index (χ3v) is 1.98. The first kappa shape index (κ1) is 8.20. The van der Waals surface area contributed by atoms with Crippen molar-refractivity contribution in [3.05, 3.63) is 0 Å². The van der Waals surface area contributed by atoms with E-state index in [4.69, 9.17) is 10.8 Å². The van der Waals surface area contributed by atoms with Crippen LogP contribution in [0.4, 0.5) is 0 Å². The fourth-order valence-corrected chi connectivity index (χ4v) is 1.18. The number of rotatable bonds is 2. The van der Waals surface area contributed by atoms with Gasteiger partial charge in [0.15, 0.2) is 0 Å². The van der Waals surface area contributed by atoms with Crippen LogP contribution in [0.1, 0.15) is 6.92 Å². The predicted octanol–water partition coefficient (Wildman–Crippen LogP) is 0.208. The Kier molecular flexibility index (Phi) is 2.59. The maximum atomic E-state index is 7.51. The summed E-state index contributed by atoms with van der Waals surface area (Å²) < 4.78 is 0. The van der Waals surface area contributed by atoms with E-state index < -0.39 is 0 Å². The average Bonchev–Trinajstić information content (AvgIpc) is 2.04. The highest BCUT2D eigenvalue weighted by atomic mass is 15.3. The molecular weight excluding hydrogens is 140 g/mol. The van der Waals surface area contributed by atoms with Crippen molar-refractivity contribution in [3.63, 3.8) is 0 Å². The minimum absolute atomic E-state index is 0.535. The molecule has 0 atom stereocenters. The first-order valence-corrected chi connectivity index (χ1v) is 3.85. The van der Waals surface area contributed by atoms with Crippen molar-refractivity contribution in [2.24, 2.45) is 0 Å². The third kappa shape index (κ3) is 1.77. The molecule has 1 rings (SSSR count). The monoisotopic (exact) mass is 154 g/mol. The molecule has 0 aromatic heterocycles. The molecule has 1 heterocycles. The molecule has 0 aromatic carbocycles. The van der Waals surface area contributed by atoms with Gasteiger partial charge in [0.2, 0.25) is 0 Å². The molecule has 0 aromatic rings. The Balaban J connectivity index is 2.47. The van der Waals surface area contributed by atoms with Gasteiger partial charge in [0, 0.05) is 13.1 Å². The van der Waals surface area contributed by atoms with Crippen LogP contribution < -0.4 is 0 Å². The Morgan fingerprint density at radius 3 is 2.73 bits per heavy atom. The molecule has 4 nitrogen and oxygen atoms in total. The number of amidine groups is 1. The van der Waals surface area contributed by atoms with Gasteiger partial charge >= 0.3 is 0 Å². The number of nitrogens with zero attached hydrogens (tertiary/aromatic N) is 2. The van der Waals surface area contributed by atoms with Gasteiger partial charge in [0.25, 0.3) is 0 Å². The summed E-state index contributed by atoms with van der Waals surface area (Å²) in [6.07, 6.45) is 1.23. The molecule has 0 radical (unpaired) electrons. The summed E-state index contributed by atoms with van der Waals surface area (Å²) in [6.45, 7) is 5.53. The van der Waals surface area contributed by atoms with Gasteiger partial charge in [0.1, 0.15) is 5.84 Å². The summed E-state index contributed by atoms with van der Waals surface area (Å²) >= 11 is 0. The molecule has 11 heavy (non-hydrogen) atoms. The van der Waals surface area contributed by atoms with Gasteiger partial charge < -0.3 is 4.90 Å². The van der Waals surface area contributed by atoms with Crippen molar-refractivity contribution in [2.45, 2.75) is 6.92 Å². The molecule has 0 saturated carbocycles. The van der Waals surface area contributed by atoms with E-state index in [0.717, 1.165) is 19.6 Å². The number of piperazine rings is 1. The van der Waals surface area contributed by atoms with Crippen LogP contribution in [0.5, 0.6) is 0 Å². The number of hydrogen-bond donors (Lipinski definition) is 2. The molecule has 0 spiro atoms. The number of hydrogen-bond acceptors (Lipinski definition) is 3. The van der Waals surface area contributed by atoms with E-state index in [1.165, 1.54) is 6.34 Å². The normalized spacial score (nSPS) is 20.5. The molecule has 0 aliphatic carbocycles. The van der Waals surface area contributed by atoms with Gasteiger partial charge in [-0.25, -0.2) is 0 Å². The fourth-order valence-electron chi connectivity index (χ4n) is 1.18. The zero-order valence-electron chi connectivity index (χ0n) is 6.80. The van der Waals surface area contributed by atoms with Crippen LogP contribution in [-0.4, -0.2) is 48.2 Å². The lowest BCUT2D eigenvalue weighted by Crippen LogP contribution is -2.48. The van der Waals surface area contributed by atoms with Crippen LogP contribution in [0, 0.1) is 10.8 Å².